The number of fused-ring (bicyclic) bond motifs is 2. The van der Waals surface area contributed by atoms with Crippen LogP contribution < -0.4 is 10.0 Å². The summed E-state index contributed by atoms with van der Waals surface area (Å²) in [6.45, 7) is 6.01. The molecule has 0 saturated carbocycles. The van der Waals surface area contributed by atoms with Gasteiger partial charge in [-0.15, -0.1) is 0 Å². The van der Waals surface area contributed by atoms with Gasteiger partial charge in [-0.1, -0.05) is 26.8 Å². The lowest BCUT2D eigenvalue weighted by Crippen LogP contribution is -2.54. The fourth-order valence-electron chi connectivity index (χ4n) is 5.78. The van der Waals surface area contributed by atoms with E-state index < -0.39 is 33.1 Å². The van der Waals surface area contributed by atoms with Gasteiger partial charge in [0.15, 0.2) is 0 Å². The summed E-state index contributed by atoms with van der Waals surface area (Å²) in [6.07, 6.45) is 7.30. The van der Waals surface area contributed by atoms with Crippen LogP contribution in [0.4, 0.5) is 15.3 Å². The van der Waals surface area contributed by atoms with Crippen molar-refractivity contribution in [1.82, 2.24) is 9.62 Å². The van der Waals surface area contributed by atoms with Crippen molar-refractivity contribution in [2.75, 3.05) is 11.9 Å². The maximum absolute atomic E-state index is 12.8. The molecule has 1 fully saturated rings. The fraction of sp³-hybridized carbons (Fsp3) is 0.583. The number of carbonyl (C=O) groups is 2. The lowest BCUT2D eigenvalue weighted by molar-refractivity contribution is 0.0642. The summed E-state index contributed by atoms with van der Waals surface area (Å²) in [5.74, 6) is 0. The zero-order valence-electron chi connectivity index (χ0n) is 19.5. The number of hydrogen-bond donors (Lipinski definition) is 3. The highest BCUT2D eigenvalue weighted by atomic mass is 32.2. The number of benzene rings is 1. The minimum atomic E-state index is -4.13. The van der Waals surface area contributed by atoms with Crippen molar-refractivity contribution < 1.29 is 23.1 Å². The Balaban J connectivity index is 1.55. The molecule has 1 aromatic carbocycles. The number of urea groups is 1. The minimum Gasteiger partial charge on any atom is -0.465 e. The molecule has 3 amide bonds. The van der Waals surface area contributed by atoms with Crippen LogP contribution in [0.1, 0.15) is 68.7 Å². The minimum absolute atomic E-state index is 0.342. The Morgan fingerprint density at radius 2 is 1.67 bits per heavy atom. The zero-order valence-corrected chi connectivity index (χ0v) is 20.3. The Hall–Kier alpha value is -2.55. The largest absolute Gasteiger partial charge is 0.465 e. The summed E-state index contributed by atoms with van der Waals surface area (Å²) in [4.78, 5) is 25.9. The van der Waals surface area contributed by atoms with Crippen molar-refractivity contribution in [3.63, 3.8) is 0 Å². The molecule has 0 aromatic heterocycles. The van der Waals surface area contributed by atoms with Crippen LogP contribution >= 0.6 is 0 Å². The Morgan fingerprint density at radius 3 is 2.21 bits per heavy atom. The highest BCUT2D eigenvalue weighted by Crippen LogP contribution is 2.45. The van der Waals surface area contributed by atoms with Crippen molar-refractivity contribution >= 4 is 27.8 Å². The first kappa shape index (κ1) is 23.6. The van der Waals surface area contributed by atoms with Crippen LogP contribution in [0.15, 0.2) is 17.6 Å². The van der Waals surface area contributed by atoms with E-state index in [2.05, 4.69) is 16.1 Å². The normalized spacial score (nSPS) is 22.5. The maximum atomic E-state index is 12.8. The van der Waals surface area contributed by atoms with E-state index in [1.807, 2.05) is 20.8 Å². The van der Waals surface area contributed by atoms with Gasteiger partial charge in [0.25, 0.3) is 10.0 Å². The number of carboxylic acid groups (broad SMARTS) is 1. The molecule has 1 saturated heterocycles. The number of nitrogens with one attached hydrogen (secondary N) is 2. The van der Waals surface area contributed by atoms with Crippen LogP contribution in [-0.4, -0.2) is 42.6 Å². The first-order valence-electron chi connectivity index (χ1n) is 11.6. The molecule has 3 aliphatic rings. The van der Waals surface area contributed by atoms with E-state index in [-0.39, 0.29) is 0 Å². The van der Waals surface area contributed by atoms with E-state index in [1.165, 1.54) is 22.1 Å². The molecule has 0 spiro atoms. The van der Waals surface area contributed by atoms with E-state index in [4.69, 9.17) is 0 Å². The highest BCUT2D eigenvalue weighted by Gasteiger charge is 2.50. The number of rotatable bonds is 4. The summed E-state index contributed by atoms with van der Waals surface area (Å²) in [6, 6.07) is 1.45. The molecule has 1 aromatic rings. The van der Waals surface area contributed by atoms with Crippen molar-refractivity contribution in [3.05, 3.63) is 39.8 Å². The van der Waals surface area contributed by atoms with Crippen molar-refractivity contribution in [2.45, 2.75) is 77.7 Å². The van der Waals surface area contributed by atoms with Crippen LogP contribution in [-0.2, 0) is 35.7 Å². The van der Waals surface area contributed by atoms with Crippen molar-refractivity contribution in [1.29, 1.82) is 0 Å². The number of sulfonamides is 1. The SMILES string of the molecule is CC(C)(C)C1(C=CS(=O)(=O)NC(=O)Nc2c3c(cc4c2CCC4)CCC3)CCCN1C(=O)O. The molecule has 180 valence electrons. The molecule has 9 heteroatoms. The molecule has 1 atom stereocenters. The summed E-state index contributed by atoms with van der Waals surface area (Å²) >= 11 is 0. The van der Waals surface area contributed by atoms with E-state index in [1.54, 1.807) is 0 Å². The second kappa shape index (κ2) is 8.34. The third-order valence-electron chi connectivity index (χ3n) is 7.42. The Kier molecular flexibility index (Phi) is 5.97. The van der Waals surface area contributed by atoms with Crippen LogP contribution in [0.5, 0.6) is 0 Å². The smallest absolute Gasteiger partial charge is 0.408 e. The molecule has 33 heavy (non-hydrogen) atoms. The van der Waals surface area contributed by atoms with E-state index in [9.17, 15) is 23.1 Å². The van der Waals surface area contributed by atoms with Crippen LogP contribution in [0.25, 0.3) is 0 Å². The summed E-state index contributed by atoms with van der Waals surface area (Å²) in [5, 5.41) is 13.4. The van der Waals surface area contributed by atoms with Gasteiger partial charge in [-0.05, 0) is 85.1 Å². The second-order valence-corrected chi connectivity index (χ2v) is 11.9. The van der Waals surface area contributed by atoms with Gasteiger partial charge in [-0.2, -0.15) is 0 Å². The van der Waals surface area contributed by atoms with E-state index >= 15 is 0 Å². The molecule has 2 aliphatic carbocycles. The standard InChI is InChI=1S/C24H33N3O5S/c1-23(2,3)24(11-6-13-27(24)22(29)30)12-14-33(31,32)26-21(28)25-20-18-9-4-7-16(18)15-17-8-5-10-19(17)20/h12,14-15H,4-11,13H2,1-3H3,(H,29,30)(H2,25,26,28). The van der Waals surface area contributed by atoms with Gasteiger partial charge in [0, 0.05) is 17.6 Å². The highest BCUT2D eigenvalue weighted by molar-refractivity contribution is 7.92. The Bertz CT molecular complexity index is 1090. The Morgan fingerprint density at radius 1 is 1.06 bits per heavy atom. The molecule has 0 bridgehead atoms. The van der Waals surface area contributed by atoms with Crippen molar-refractivity contribution in [3.8, 4) is 0 Å². The first-order chi connectivity index (χ1) is 15.4. The molecule has 3 N–H and O–H groups in total. The number of anilines is 1. The van der Waals surface area contributed by atoms with Gasteiger partial charge >= 0.3 is 12.1 Å². The average molecular weight is 476 g/mol. The monoisotopic (exact) mass is 475 g/mol. The number of nitrogens with zero attached hydrogens (tertiary/aromatic N) is 1. The fourth-order valence-corrected chi connectivity index (χ4v) is 6.56. The zero-order chi connectivity index (χ0) is 24.0. The molecule has 4 rings (SSSR count). The van der Waals surface area contributed by atoms with Gasteiger partial charge in [-0.25, -0.2) is 22.7 Å². The molecular weight excluding hydrogens is 442 g/mol. The predicted molar refractivity (Wildman–Crippen MR) is 127 cm³/mol. The van der Waals surface area contributed by atoms with Gasteiger partial charge in [-0.3, -0.25) is 4.90 Å². The predicted octanol–water partition coefficient (Wildman–Crippen LogP) is 4.19. The number of carbonyl (C=O) groups excluding carboxylic acids is 1. The quantitative estimate of drug-likeness (QED) is 0.604. The molecule has 8 nitrogen and oxygen atoms in total. The third kappa shape index (κ3) is 4.35. The van der Waals surface area contributed by atoms with E-state index in [0.29, 0.717) is 19.4 Å². The maximum Gasteiger partial charge on any atom is 0.408 e. The van der Waals surface area contributed by atoms with Gasteiger partial charge in [0.05, 0.1) is 5.54 Å². The summed E-state index contributed by atoms with van der Waals surface area (Å²) < 4.78 is 27.6. The van der Waals surface area contributed by atoms with Gasteiger partial charge in [0.1, 0.15) is 0 Å². The number of aryl methyl sites for hydroxylation is 2. The van der Waals surface area contributed by atoms with Crippen LogP contribution in [0.3, 0.4) is 0 Å². The topological polar surface area (TPSA) is 116 Å². The second-order valence-electron chi connectivity index (χ2n) is 10.3. The first-order valence-corrected chi connectivity index (χ1v) is 13.2. The molecule has 0 radical (unpaired) electrons. The third-order valence-corrected chi connectivity index (χ3v) is 8.38. The Labute approximate surface area is 195 Å². The summed E-state index contributed by atoms with van der Waals surface area (Å²) in [5.41, 5.74) is 4.01. The van der Waals surface area contributed by atoms with Crippen molar-refractivity contribution in [2.24, 2.45) is 5.41 Å². The molecule has 1 unspecified atom stereocenters. The molecule has 1 aliphatic heterocycles. The number of hydrogen-bond acceptors (Lipinski definition) is 4. The molecule has 1 heterocycles. The molecular formula is C24H33N3O5S. The van der Waals surface area contributed by atoms with Crippen LogP contribution in [0.2, 0.25) is 0 Å². The van der Waals surface area contributed by atoms with Gasteiger partial charge < -0.3 is 10.4 Å². The number of likely N-dealkylation sites (tertiary alicyclic amines) is 1. The summed E-state index contributed by atoms with van der Waals surface area (Å²) in [7, 11) is -4.13. The lowest BCUT2D eigenvalue weighted by atomic mass is 9.72. The lowest BCUT2D eigenvalue weighted by Gasteiger charge is -2.45. The van der Waals surface area contributed by atoms with Gasteiger partial charge in [0.2, 0.25) is 0 Å². The van der Waals surface area contributed by atoms with Crippen LogP contribution in [0, 0.1) is 5.41 Å². The average Bonchev–Trinajstić information content (AvgIpc) is 3.44. The number of amides is 3. The van der Waals surface area contributed by atoms with E-state index in [0.717, 1.165) is 60.7 Å².